The quantitative estimate of drug-likeness (QED) is 0.160. The molecule has 2 rings (SSSR count). The SMILES string of the molecule is CCCCCCCN(C(=O)C(Cc1ccccc1)NC(=O)OC(C)(C)C)C(C(=O)NCCC(=O)OCC)c1ccc(O)cc1. The molecule has 44 heavy (non-hydrogen) atoms. The minimum Gasteiger partial charge on any atom is -0.508 e. The number of rotatable bonds is 17. The average molecular weight is 612 g/mol. The molecule has 0 saturated heterocycles. The molecule has 0 aliphatic rings. The van der Waals surface area contributed by atoms with E-state index < -0.39 is 41.6 Å². The molecule has 242 valence electrons. The molecule has 0 radical (unpaired) electrons. The van der Waals surface area contributed by atoms with Crippen molar-refractivity contribution in [2.75, 3.05) is 19.7 Å². The van der Waals surface area contributed by atoms with Crippen LogP contribution >= 0.6 is 0 Å². The minimum absolute atomic E-state index is 0.0150. The summed E-state index contributed by atoms with van der Waals surface area (Å²) in [7, 11) is 0. The summed E-state index contributed by atoms with van der Waals surface area (Å²) < 4.78 is 10.5. The van der Waals surface area contributed by atoms with Gasteiger partial charge in [-0.3, -0.25) is 14.4 Å². The Balaban J connectivity index is 2.49. The first kappa shape index (κ1) is 36.1. The van der Waals surface area contributed by atoms with Crippen molar-refractivity contribution < 1.29 is 33.8 Å². The summed E-state index contributed by atoms with van der Waals surface area (Å²) in [5.74, 6) is -1.37. The molecule has 0 aliphatic heterocycles. The molecule has 0 aromatic heterocycles. The van der Waals surface area contributed by atoms with Gasteiger partial charge in [0, 0.05) is 19.5 Å². The molecule has 3 amide bonds. The lowest BCUT2D eigenvalue weighted by Crippen LogP contribution is -2.54. The number of phenolic OH excluding ortho intramolecular Hbond substituents is 1. The number of ether oxygens (including phenoxy) is 2. The smallest absolute Gasteiger partial charge is 0.408 e. The molecule has 0 heterocycles. The van der Waals surface area contributed by atoms with Crippen molar-refractivity contribution in [3.63, 3.8) is 0 Å². The van der Waals surface area contributed by atoms with E-state index in [1.54, 1.807) is 39.8 Å². The van der Waals surface area contributed by atoms with E-state index in [0.717, 1.165) is 31.2 Å². The van der Waals surface area contributed by atoms with Crippen LogP contribution in [0.3, 0.4) is 0 Å². The number of carbonyl (C=O) groups is 4. The predicted octanol–water partition coefficient (Wildman–Crippen LogP) is 5.44. The van der Waals surface area contributed by atoms with Gasteiger partial charge in [-0.15, -0.1) is 0 Å². The van der Waals surface area contributed by atoms with E-state index in [1.807, 2.05) is 30.3 Å². The number of nitrogens with one attached hydrogen (secondary N) is 2. The number of hydrogen-bond donors (Lipinski definition) is 3. The second-order valence-corrected chi connectivity index (χ2v) is 11.7. The highest BCUT2D eigenvalue weighted by atomic mass is 16.6. The standard InChI is InChI=1S/C34H49N3O7/c1-6-8-9-10-14-23-37(30(26-17-19-27(38)20-18-26)31(40)35-22-21-29(39)43-7-2)32(41)28(24-25-15-12-11-13-16-25)36-33(42)44-34(3,4)5/h11-13,15-20,28,30,38H,6-10,14,21-24H2,1-5H3,(H,35,40)(H,36,42). The molecular weight excluding hydrogens is 562 g/mol. The normalized spacial score (nSPS) is 12.5. The zero-order valence-corrected chi connectivity index (χ0v) is 26.8. The number of aromatic hydroxyl groups is 1. The maximum absolute atomic E-state index is 14.5. The number of amides is 3. The third-order valence-corrected chi connectivity index (χ3v) is 6.76. The molecular formula is C34H49N3O7. The molecule has 2 unspecified atom stereocenters. The molecule has 0 spiro atoms. The summed E-state index contributed by atoms with van der Waals surface area (Å²) >= 11 is 0. The van der Waals surface area contributed by atoms with Crippen molar-refractivity contribution in [2.24, 2.45) is 0 Å². The number of nitrogens with zero attached hydrogens (tertiary/aromatic N) is 1. The van der Waals surface area contributed by atoms with Gasteiger partial charge >= 0.3 is 12.1 Å². The van der Waals surface area contributed by atoms with E-state index in [0.29, 0.717) is 12.0 Å². The van der Waals surface area contributed by atoms with Crippen molar-refractivity contribution in [3.05, 3.63) is 65.7 Å². The lowest BCUT2D eigenvalue weighted by Gasteiger charge is -2.34. The molecule has 2 aromatic carbocycles. The van der Waals surface area contributed by atoms with Crippen molar-refractivity contribution in [3.8, 4) is 5.75 Å². The van der Waals surface area contributed by atoms with E-state index >= 15 is 0 Å². The van der Waals surface area contributed by atoms with Gasteiger partial charge in [0.05, 0.1) is 13.0 Å². The van der Waals surface area contributed by atoms with E-state index in [2.05, 4.69) is 17.6 Å². The first-order chi connectivity index (χ1) is 20.9. The summed E-state index contributed by atoms with van der Waals surface area (Å²) in [5, 5.41) is 15.5. The van der Waals surface area contributed by atoms with Gasteiger partial charge in [0.25, 0.3) is 0 Å². The topological polar surface area (TPSA) is 134 Å². The third-order valence-electron chi connectivity index (χ3n) is 6.76. The van der Waals surface area contributed by atoms with Gasteiger partial charge in [-0.2, -0.15) is 0 Å². The molecule has 10 nitrogen and oxygen atoms in total. The average Bonchev–Trinajstić information content (AvgIpc) is 2.96. The fraction of sp³-hybridized carbons (Fsp3) is 0.529. The van der Waals surface area contributed by atoms with Crippen LogP contribution in [0.4, 0.5) is 4.79 Å². The number of unbranched alkanes of at least 4 members (excludes halogenated alkanes) is 4. The molecule has 0 bridgehead atoms. The van der Waals surface area contributed by atoms with Crippen LogP contribution in [0.1, 0.15) is 90.3 Å². The molecule has 3 N–H and O–H groups in total. The van der Waals surface area contributed by atoms with Gasteiger partial charge in [-0.1, -0.05) is 75.1 Å². The Morgan fingerprint density at radius 1 is 0.909 bits per heavy atom. The second-order valence-electron chi connectivity index (χ2n) is 11.7. The highest BCUT2D eigenvalue weighted by molar-refractivity contribution is 5.92. The Hall–Kier alpha value is -4.08. The number of hydrogen-bond acceptors (Lipinski definition) is 7. The Morgan fingerprint density at radius 3 is 2.18 bits per heavy atom. The van der Waals surface area contributed by atoms with Crippen molar-refractivity contribution in [1.82, 2.24) is 15.5 Å². The lowest BCUT2D eigenvalue weighted by molar-refractivity contribution is -0.144. The summed E-state index contributed by atoms with van der Waals surface area (Å²) in [6, 6.07) is 13.3. The molecule has 0 saturated carbocycles. The Kier molecular flexibility index (Phi) is 15.2. The third kappa shape index (κ3) is 13.1. The zero-order chi connectivity index (χ0) is 32.5. The van der Waals surface area contributed by atoms with E-state index in [-0.39, 0.29) is 38.3 Å². The fourth-order valence-electron chi connectivity index (χ4n) is 4.70. The summed E-state index contributed by atoms with van der Waals surface area (Å²) in [4.78, 5) is 54.6. The van der Waals surface area contributed by atoms with Crippen LogP contribution in [0.25, 0.3) is 0 Å². The minimum atomic E-state index is -1.09. The highest BCUT2D eigenvalue weighted by Gasteiger charge is 2.36. The van der Waals surface area contributed by atoms with Crippen LogP contribution in [0.5, 0.6) is 5.75 Å². The number of carbonyl (C=O) groups excluding carboxylic acids is 4. The van der Waals surface area contributed by atoms with Gasteiger partial charge in [0.1, 0.15) is 23.4 Å². The Bertz CT molecular complexity index is 1180. The van der Waals surface area contributed by atoms with Crippen LogP contribution in [0.15, 0.2) is 54.6 Å². The number of benzene rings is 2. The van der Waals surface area contributed by atoms with Crippen molar-refractivity contribution >= 4 is 23.9 Å². The number of alkyl carbamates (subject to hydrolysis) is 1. The predicted molar refractivity (Wildman–Crippen MR) is 169 cm³/mol. The van der Waals surface area contributed by atoms with Crippen molar-refractivity contribution in [1.29, 1.82) is 0 Å². The van der Waals surface area contributed by atoms with E-state index in [9.17, 15) is 24.3 Å². The van der Waals surface area contributed by atoms with Gasteiger partial charge in [0.2, 0.25) is 11.8 Å². The van der Waals surface area contributed by atoms with Crippen LogP contribution in [-0.2, 0) is 30.3 Å². The van der Waals surface area contributed by atoms with Crippen LogP contribution < -0.4 is 10.6 Å². The summed E-state index contributed by atoms with van der Waals surface area (Å²) in [6.45, 7) is 9.55. The van der Waals surface area contributed by atoms with Crippen LogP contribution in [0, 0.1) is 0 Å². The van der Waals surface area contributed by atoms with Crippen LogP contribution in [-0.4, -0.2) is 65.2 Å². The maximum atomic E-state index is 14.5. The van der Waals surface area contributed by atoms with Gasteiger partial charge < -0.3 is 30.1 Å². The van der Waals surface area contributed by atoms with Gasteiger partial charge in [0.15, 0.2) is 0 Å². The number of esters is 1. The second kappa shape index (κ2) is 18.6. The maximum Gasteiger partial charge on any atom is 0.408 e. The first-order valence-electron chi connectivity index (χ1n) is 15.5. The van der Waals surface area contributed by atoms with Gasteiger partial charge in [-0.05, 0) is 57.4 Å². The Morgan fingerprint density at radius 2 is 1.57 bits per heavy atom. The van der Waals surface area contributed by atoms with E-state index in [4.69, 9.17) is 9.47 Å². The molecule has 2 atom stereocenters. The molecule has 2 aromatic rings. The van der Waals surface area contributed by atoms with E-state index in [1.165, 1.54) is 17.0 Å². The first-order valence-corrected chi connectivity index (χ1v) is 15.5. The Labute approximate surface area is 261 Å². The fourth-order valence-corrected chi connectivity index (χ4v) is 4.70. The molecule has 0 fully saturated rings. The zero-order valence-electron chi connectivity index (χ0n) is 26.8. The highest BCUT2D eigenvalue weighted by Crippen LogP contribution is 2.26. The molecule has 0 aliphatic carbocycles. The number of phenols is 1. The summed E-state index contributed by atoms with van der Waals surface area (Å²) in [5.41, 5.74) is 0.524. The van der Waals surface area contributed by atoms with Crippen LogP contribution in [0.2, 0.25) is 0 Å². The van der Waals surface area contributed by atoms with Crippen molar-refractivity contribution in [2.45, 2.75) is 97.2 Å². The lowest BCUT2D eigenvalue weighted by atomic mass is 9.99. The summed E-state index contributed by atoms with van der Waals surface area (Å²) in [6.07, 6.45) is 4.00. The monoisotopic (exact) mass is 611 g/mol. The molecule has 10 heteroatoms. The largest absolute Gasteiger partial charge is 0.508 e. The van der Waals surface area contributed by atoms with Gasteiger partial charge in [-0.25, -0.2) is 4.79 Å².